The first kappa shape index (κ1) is 19.6. The zero-order valence-corrected chi connectivity index (χ0v) is 16.9. The Kier molecular flexibility index (Phi) is 4.95. The number of benzene rings is 2. The largest absolute Gasteiger partial charge is 0.395 e. The molecule has 30 heavy (non-hydrogen) atoms. The van der Waals surface area contributed by atoms with Crippen molar-refractivity contribution in [1.29, 1.82) is 10.5 Å². The van der Waals surface area contributed by atoms with Gasteiger partial charge < -0.3 is 10.4 Å². The molecule has 1 heterocycles. The molecule has 1 atom stereocenters. The molecular weight excluding hydrogens is 374 g/mol. The van der Waals surface area contributed by atoms with Gasteiger partial charge in [0, 0.05) is 22.9 Å². The third-order valence-electron chi connectivity index (χ3n) is 5.86. The fourth-order valence-electron chi connectivity index (χ4n) is 3.95. The Morgan fingerprint density at radius 2 is 2.00 bits per heavy atom. The minimum Gasteiger partial charge on any atom is -0.395 e. The molecule has 2 N–H and O–H groups in total. The van der Waals surface area contributed by atoms with E-state index in [0.717, 1.165) is 40.8 Å². The maximum atomic E-state index is 9.93. The van der Waals surface area contributed by atoms with E-state index in [0.29, 0.717) is 22.8 Å². The highest BCUT2D eigenvalue weighted by atomic mass is 16.3. The van der Waals surface area contributed by atoms with Crippen LogP contribution in [0.15, 0.2) is 42.6 Å². The monoisotopic (exact) mass is 395 g/mol. The summed E-state index contributed by atoms with van der Waals surface area (Å²) in [7, 11) is 0. The molecule has 0 saturated carbocycles. The van der Waals surface area contributed by atoms with Crippen molar-refractivity contribution in [3.05, 3.63) is 70.4 Å². The molecule has 3 aromatic rings. The molecule has 2 aromatic carbocycles. The van der Waals surface area contributed by atoms with Crippen molar-refractivity contribution >= 4 is 11.6 Å². The van der Waals surface area contributed by atoms with Gasteiger partial charge in [-0.1, -0.05) is 13.0 Å². The number of hydrogen-bond acceptors (Lipinski definition) is 6. The van der Waals surface area contributed by atoms with E-state index < -0.39 is 0 Å². The minimum atomic E-state index is -0.347. The minimum absolute atomic E-state index is 0.0411. The normalized spacial score (nSPS) is 17.1. The van der Waals surface area contributed by atoms with Gasteiger partial charge >= 0.3 is 0 Å². The van der Waals surface area contributed by atoms with Gasteiger partial charge in [-0.2, -0.15) is 10.5 Å². The first-order chi connectivity index (χ1) is 14.5. The summed E-state index contributed by atoms with van der Waals surface area (Å²) in [4.78, 5) is 8.94. The van der Waals surface area contributed by atoms with Crippen molar-refractivity contribution in [2.24, 2.45) is 0 Å². The number of aromatic nitrogens is 2. The van der Waals surface area contributed by atoms with E-state index in [1.165, 1.54) is 0 Å². The summed E-state index contributed by atoms with van der Waals surface area (Å²) in [6.45, 7) is 4.02. The quantitative estimate of drug-likeness (QED) is 0.688. The second-order valence-electron chi connectivity index (χ2n) is 7.91. The highest BCUT2D eigenvalue weighted by molar-refractivity contribution is 5.68. The van der Waals surface area contributed by atoms with E-state index in [9.17, 15) is 10.4 Å². The molecule has 0 spiro atoms. The zero-order chi connectivity index (χ0) is 21.3. The van der Waals surface area contributed by atoms with Gasteiger partial charge in [-0.3, -0.25) is 0 Å². The van der Waals surface area contributed by atoms with Gasteiger partial charge in [0.05, 0.1) is 35.6 Å². The van der Waals surface area contributed by atoms with Crippen LogP contribution in [-0.2, 0) is 11.8 Å². The Balaban J connectivity index is 1.75. The maximum absolute atomic E-state index is 9.93. The summed E-state index contributed by atoms with van der Waals surface area (Å²) in [5, 5.41) is 31.9. The van der Waals surface area contributed by atoms with Gasteiger partial charge in [0.25, 0.3) is 0 Å². The van der Waals surface area contributed by atoms with Crippen molar-refractivity contribution in [1.82, 2.24) is 9.97 Å². The molecule has 0 aliphatic heterocycles. The van der Waals surface area contributed by atoms with Crippen molar-refractivity contribution in [3.8, 4) is 23.4 Å². The van der Waals surface area contributed by atoms with Crippen LogP contribution < -0.4 is 5.32 Å². The lowest BCUT2D eigenvalue weighted by molar-refractivity contribution is 0.206. The molecule has 0 radical (unpaired) electrons. The number of aryl methyl sites for hydroxylation is 1. The summed E-state index contributed by atoms with van der Waals surface area (Å²) in [6.07, 6.45) is 3.28. The molecule has 148 valence electrons. The van der Waals surface area contributed by atoms with E-state index in [4.69, 9.17) is 5.26 Å². The third kappa shape index (κ3) is 3.39. The fraction of sp³-hybridized carbons (Fsp3) is 0.250. The Hall–Kier alpha value is -3.74. The van der Waals surface area contributed by atoms with Crippen LogP contribution >= 0.6 is 0 Å². The zero-order valence-electron chi connectivity index (χ0n) is 16.9. The molecule has 0 amide bonds. The predicted octanol–water partition coefficient (Wildman–Crippen LogP) is 4.14. The summed E-state index contributed by atoms with van der Waals surface area (Å²) in [5.41, 5.74) is 6.13. The van der Waals surface area contributed by atoms with Gasteiger partial charge in [0.1, 0.15) is 0 Å². The number of fused-ring (bicyclic) bond motifs is 1. The number of nitriles is 2. The molecule has 0 fully saturated rings. The summed E-state index contributed by atoms with van der Waals surface area (Å²) in [5.74, 6) is 0.412. The van der Waals surface area contributed by atoms with Crippen LogP contribution in [0.1, 0.15) is 41.2 Å². The van der Waals surface area contributed by atoms with Gasteiger partial charge in [-0.05, 0) is 66.8 Å². The summed E-state index contributed by atoms with van der Waals surface area (Å²) in [6, 6.07) is 15.5. The number of nitrogens with zero attached hydrogens (tertiary/aromatic N) is 4. The Labute approximate surface area is 175 Å². The van der Waals surface area contributed by atoms with Gasteiger partial charge in [-0.25, -0.2) is 9.97 Å². The maximum Gasteiger partial charge on any atom is 0.227 e. The first-order valence-electron chi connectivity index (χ1n) is 9.77. The Morgan fingerprint density at radius 3 is 2.73 bits per heavy atom. The summed E-state index contributed by atoms with van der Waals surface area (Å²) >= 11 is 0. The van der Waals surface area contributed by atoms with Crippen LogP contribution in [0.5, 0.6) is 0 Å². The number of nitrogens with one attached hydrogen (secondary N) is 1. The predicted molar refractivity (Wildman–Crippen MR) is 114 cm³/mol. The van der Waals surface area contributed by atoms with E-state index in [1.807, 2.05) is 32.0 Å². The van der Waals surface area contributed by atoms with E-state index in [-0.39, 0.29) is 12.0 Å². The highest BCUT2D eigenvalue weighted by Gasteiger charge is 2.35. The lowest BCUT2D eigenvalue weighted by atomic mass is 9.83. The molecular formula is C24H21N5O. The average Bonchev–Trinajstić information content (AvgIpc) is 3.12. The van der Waals surface area contributed by atoms with Crippen LogP contribution in [0.4, 0.5) is 11.6 Å². The number of aliphatic hydroxyl groups excluding tert-OH is 1. The molecule has 1 aromatic heterocycles. The van der Waals surface area contributed by atoms with Crippen molar-refractivity contribution < 1.29 is 5.11 Å². The molecule has 4 rings (SSSR count). The van der Waals surface area contributed by atoms with E-state index in [1.54, 1.807) is 24.4 Å². The standard InChI is InChI=1S/C24H21N5O/c1-15-3-4-16(12-25)9-22(15)29-23-27-8-6-21(28-23)17-10-18(13-26)19-5-7-24(2,14-30)20(19)11-17/h3-4,6,8-11,30H,5,7,14H2,1-2H3,(H,27,28,29)/t24-/m0/s1. The first-order valence-corrected chi connectivity index (χ1v) is 9.77. The van der Waals surface area contributed by atoms with Crippen LogP contribution in [0.3, 0.4) is 0 Å². The number of anilines is 2. The van der Waals surface area contributed by atoms with E-state index in [2.05, 4.69) is 27.4 Å². The molecule has 6 heteroatoms. The number of hydrogen-bond donors (Lipinski definition) is 2. The van der Waals surface area contributed by atoms with Gasteiger partial charge in [-0.15, -0.1) is 0 Å². The molecule has 6 nitrogen and oxygen atoms in total. The van der Waals surface area contributed by atoms with Crippen molar-refractivity contribution in [3.63, 3.8) is 0 Å². The molecule has 0 saturated heterocycles. The second-order valence-corrected chi connectivity index (χ2v) is 7.91. The number of rotatable bonds is 4. The van der Waals surface area contributed by atoms with Crippen molar-refractivity contribution in [2.45, 2.75) is 32.1 Å². The fourth-order valence-corrected chi connectivity index (χ4v) is 3.95. The topological polar surface area (TPSA) is 106 Å². The van der Waals surface area contributed by atoms with Gasteiger partial charge in [0.15, 0.2) is 0 Å². The number of aliphatic hydroxyl groups is 1. The Morgan fingerprint density at radius 1 is 1.17 bits per heavy atom. The molecule has 1 aliphatic rings. The lowest BCUT2D eigenvalue weighted by Gasteiger charge is -2.23. The smallest absolute Gasteiger partial charge is 0.227 e. The van der Waals surface area contributed by atoms with Crippen LogP contribution in [0.25, 0.3) is 11.3 Å². The van der Waals surface area contributed by atoms with Crippen LogP contribution in [0, 0.1) is 29.6 Å². The highest BCUT2D eigenvalue weighted by Crippen LogP contribution is 2.42. The Bertz CT molecular complexity index is 1220. The molecule has 0 unspecified atom stereocenters. The summed E-state index contributed by atoms with van der Waals surface area (Å²) < 4.78 is 0. The second kappa shape index (κ2) is 7.59. The van der Waals surface area contributed by atoms with Crippen LogP contribution in [0.2, 0.25) is 0 Å². The van der Waals surface area contributed by atoms with E-state index >= 15 is 0 Å². The SMILES string of the molecule is Cc1ccc(C#N)cc1Nc1nccc(-c2cc(C#N)c3c(c2)[C@](C)(CO)CC3)n1. The lowest BCUT2D eigenvalue weighted by Crippen LogP contribution is -2.23. The molecule has 0 bridgehead atoms. The van der Waals surface area contributed by atoms with Gasteiger partial charge in [0.2, 0.25) is 5.95 Å². The average molecular weight is 395 g/mol. The van der Waals surface area contributed by atoms with Crippen LogP contribution in [-0.4, -0.2) is 21.7 Å². The molecule has 1 aliphatic carbocycles. The third-order valence-corrected chi connectivity index (χ3v) is 5.86. The van der Waals surface area contributed by atoms with Crippen molar-refractivity contribution in [2.75, 3.05) is 11.9 Å².